The molecule has 1 saturated heterocycles. The summed E-state index contributed by atoms with van der Waals surface area (Å²) in [6, 6.07) is 9.76. The smallest absolute Gasteiger partial charge is 0.414 e. The van der Waals surface area contributed by atoms with E-state index in [4.69, 9.17) is 4.74 Å². The summed E-state index contributed by atoms with van der Waals surface area (Å²) in [7, 11) is 6.78. The molecule has 3 rings (SSSR count). The van der Waals surface area contributed by atoms with Gasteiger partial charge in [0.15, 0.2) is 0 Å². The van der Waals surface area contributed by atoms with Crippen molar-refractivity contribution >= 4 is 32.1 Å². The third-order valence-corrected chi connectivity index (χ3v) is 4.84. The number of likely N-dealkylation sites (N-methyl/N-ethyl adjacent to an activating group) is 1. The number of hydrogen-bond donors (Lipinski definition) is 2. The Bertz CT molecular complexity index is 798. The van der Waals surface area contributed by atoms with E-state index < -0.39 is 12.2 Å². The number of carbonyl (C=O) groups excluding carboxylic acids is 1. The molecule has 0 bridgehead atoms. The maximum Gasteiger partial charge on any atom is 0.414 e. The Hall–Kier alpha value is -2.21. The minimum absolute atomic E-state index is 0.172. The van der Waals surface area contributed by atoms with Crippen molar-refractivity contribution in [2.45, 2.75) is 6.10 Å². The van der Waals surface area contributed by atoms with Gasteiger partial charge in [-0.15, -0.1) is 9.24 Å². The maximum atomic E-state index is 11.9. The largest absolute Gasteiger partial charge is 0.441 e. The molecule has 2 atom stereocenters. The molecule has 0 radical (unpaired) electrons. The number of benzene rings is 1. The van der Waals surface area contributed by atoms with Crippen molar-refractivity contribution in [1.29, 1.82) is 0 Å². The molecule has 2 unspecified atom stereocenters. The summed E-state index contributed by atoms with van der Waals surface area (Å²) in [4.78, 5) is 20.1. The van der Waals surface area contributed by atoms with Crippen molar-refractivity contribution in [1.82, 2.24) is 9.88 Å². The van der Waals surface area contributed by atoms with Crippen molar-refractivity contribution in [2.24, 2.45) is 0 Å². The molecule has 0 spiro atoms. The lowest BCUT2D eigenvalue weighted by Gasteiger charge is -2.15. The van der Waals surface area contributed by atoms with Crippen molar-refractivity contribution in [3.63, 3.8) is 0 Å². The van der Waals surface area contributed by atoms with Crippen LogP contribution < -0.4 is 15.5 Å². The molecule has 1 amide bonds. The number of nitrogens with zero attached hydrogens (tertiary/aromatic N) is 3. The minimum atomic E-state index is -0.470. The van der Waals surface area contributed by atoms with E-state index in [1.165, 1.54) is 4.90 Å². The summed E-state index contributed by atoms with van der Waals surface area (Å²) >= 11 is 0. The number of aromatic nitrogens is 1. The molecule has 2 N–H and O–H groups in total. The number of anilines is 2. The fourth-order valence-electron chi connectivity index (χ4n) is 2.87. The van der Waals surface area contributed by atoms with Crippen LogP contribution in [0.4, 0.5) is 16.3 Å². The highest BCUT2D eigenvalue weighted by Crippen LogP contribution is 2.26. The normalized spacial score (nSPS) is 16.7. The first kappa shape index (κ1) is 19.5. The van der Waals surface area contributed by atoms with Crippen LogP contribution in [-0.4, -0.2) is 67.5 Å². The van der Waals surface area contributed by atoms with E-state index in [-0.39, 0.29) is 6.61 Å². The van der Waals surface area contributed by atoms with Gasteiger partial charge < -0.3 is 20.1 Å². The number of pyridine rings is 1. The highest BCUT2D eigenvalue weighted by atomic mass is 31.0. The molecule has 27 heavy (non-hydrogen) atoms. The predicted octanol–water partition coefficient (Wildman–Crippen LogP) is 1.54. The summed E-state index contributed by atoms with van der Waals surface area (Å²) in [5.41, 5.74) is 2.78. The van der Waals surface area contributed by atoms with Gasteiger partial charge in [-0.1, -0.05) is 6.07 Å². The third-order valence-electron chi connectivity index (χ3n) is 4.36. The average molecular weight is 388 g/mol. The molecule has 7 nitrogen and oxygen atoms in total. The standard InChI is InChI=1S/C19H25N4O3P/c1-22(2)8-7-20-18-6-3-13(10-21-18)16-5-4-14(9-17(16)27)23-11-15(12-24)26-19(23)25/h3-6,9-10,15,24H,7-8,11-12,27H2,1-2H3,(H,20,21). The Morgan fingerprint density at radius 1 is 1.37 bits per heavy atom. The van der Waals surface area contributed by atoms with Gasteiger partial charge in [0.05, 0.1) is 13.2 Å². The zero-order chi connectivity index (χ0) is 19.4. The van der Waals surface area contributed by atoms with Crippen LogP contribution in [0.5, 0.6) is 0 Å². The molecule has 1 fully saturated rings. The zero-order valence-corrected chi connectivity index (χ0v) is 16.7. The molecule has 1 aromatic heterocycles. The Morgan fingerprint density at radius 2 is 2.19 bits per heavy atom. The van der Waals surface area contributed by atoms with Crippen molar-refractivity contribution in [3.05, 3.63) is 36.5 Å². The van der Waals surface area contributed by atoms with E-state index in [9.17, 15) is 9.90 Å². The molecule has 1 aliphatic heterocycles. The molecule has 8 heteroatoms. The average Bonchev–Trinajstić information content (AvgIpc) is 3.03. The first-order valence-corrected chi connectivity index (χ1v) is 9.39. The maximum absolute atomic E-state index is 11.9. The summed E-state index contributed by atoms with van der Waals surface area (Å²) < 4.78 is 5.10. The van der Waals surface area contributed by atoms with Crippen LogP contribution >= 0.6 is 9.24 Å². The molecule has 2 heterocycles. The van der Waals surface area contributed by atoms with Crippen LogP contribution in [0.25, 0.3) is 11.1 Å². The van der Waals surface area contributed by atoms with Crippen LogP contribution in [0, 0.1) is 0 Å². The van der Waals surface area contributed by atoms with Crippen LogP contribution in [0.2, 0.25) is 0 Å². The molecular weight excluding hydrogens is 363 g/mol. The van der Waals surface area contributed by atoms with Crippen LogP contribution in [0.15, 0.2) is 36.5 Å². The highest BCUT2D eigenvalue weighted by Gasteiger charge is 2.31. The number of carbonyl (C=O) groups is 1. The SMILES string of the molecule is CN(C)CCNc1ccc(-c2ccc(N3CC(CO)OC3=O)cc2P)cn1. The van der Waals surface area contributed by atoms with Gasteiger partial charge in [-0.2, -0.15) is 0 Å². The number of rotatable bonds is 7. The molecule has 2 aromatic rings. The third kappa shape index (κ3) is 4.75. The number of nitrogens with one attached hydrogen (secondary N) is 1. The van der Waals surface area contributed by atoms with Gasteiger partial charge in [0.2, 0.25) is 0 Å². The Labute approximate surface area is 161 Å². The van der Waals surface area contributed by atoms with Gasteiger partial charge in [-0.3, -0.25) is 4.90 Å². The summed E-state index contributed by atoms with van der Waals surface area (Å²) in [6.45, 7) is 1.96. The zero-order valence-electron chi connectivity index (χ0n) is 15.6. The lowest BCUT2D eigenvalue weighted by molar-refractivity contribution is 0.0963. The second-order valence-electron chi connectivity index (χ2n) is 6.73. The number of ether oxygens (including phenoxy) is 1. The lowest BCUT2D eigenvalue weighted by atomic mass is 10.1. The van der Waals surface area contributed by atoms with E-state index in [0.717, 1.165) is 41.0 Å². The summed E-state index contributed by atoms with van der Waals surface area (Å²) in [6.07, 6.45) is 0.940. The Morgan fingerprint density at radius 3 is 2.78 bits per heavy atom. The number of hydrogen-bond acceptors (Lipinski definition) is 6. The van der Waals surface area contributed by atoms with E-state index in [2.05, 4.69) is 24.4 Å². The monoisotopic (exact) mass is 388 g/mol. The van der Waals surface area contributed by atoms with Crippen molar-refractivity contribution in [3.8, 4) is 11.1 Å². The van der Waals surface area contributed by atoms with Crippen LogP contribution in [-0.2, 0) is 4.74 Å². The van der Waals surface area contributed by atoms with E-state index in [1.807, 2.05) is 50.6 Å². The molecular formula is C19H25N4O3P. The van der Waals surface area contributed by atoms with Gasteiger partial charge in [0, 0.05) is 30.5 Å². The van der Waals surface area contributed by atoms with Gasteiger partial charge in [-0.25, -0.2) is 9.78 Å². The molecule has 1 aromatic carbocycles. The quantitative estimate of drug-likeness (QED) is 0.701. The van der Waals surface area contributed by atoms with Crippen molar-refractivity contribution < 1.29 is 14.6 Å². The molecule has 144 valence electrons. The van der Waals surface area contributed by atoms with Crippen molar-refractivity contribution in [2.75, 3.05) is 50.6 Å². The number of aliphatic hydroxyl groups is 1. The van der Waals surface area contributed by atoms with Crippen LogP contribution in [0.1, 0.15) is 0 Å². The second-order valence-corrected chi connectivity index (χ2v) is 7.35. The van der Waals surface area contributed by atoms with E-state index in [0.29, 0.717) is 6.54 Å². The van der Waals surface area contributed by atoms with Gasteiger partial charge in [0.1, 0.15) is 11.9 Å². The minimum Gasteiger partial charge on any atom is -0.441 e. The predicted molar refractivity (Wildman–Crippen MR) is 111 cm³/mol. The van der Waals surface area contributed by atoms with Gasteiger partial charge in [0.25, 0.3) is 0 Å². The lowest BCUT2D eigenvalue weighted by Crippen LogP contribution is -2.26. The fraction of sp³-hybridized carbons (Fsp3) is 0.368. The molecule has 1 aliphatic rings. The number of amides is 1. The van der Waals surface area contributed by atoms with E-state index in [1.54, 1.807) is 0 Å². The highest BCUT2D eigenvalue weighted by molar-refractivity contribution is 7.28. The second kappa shape index (κ2) is 8.65. The number of aliphatic hydroxyl groups excluding tert-OH is 1. The molecule has 0 saturated carbocycles. The Balaban J connectivity index is 1.71. The summed E-state index contributed by atoms with van der Waals surface area (Å²) in [5, 5.41) is 13.4. The van der Waals surface area contributed by atoms with Gasteiger partial charge in [-0.05, 0) is 49.2 Å². The van der Waals surface area contributed by atoms with E-state index >= 15 is 0 Å². The van der Waals surface area contributed by atoms with Crippen LogP contribution in [0.3, 0.4) is 0 Å². The first-order valence-electron chi connectivity index (χ1n) is 8.81. The Kier molecular flexibility index (Phi) is 6.26. The summed E-state index contributed by atoms with van der Waals surface area (Å²) in [5.74, 6) is 0.845. The topological polar surface area (TPSA) is 77.9 Å². The first-order chi connectivity index (χ1) is 13.0. The number of cyclic esters (lactones) is 1. The fourth-order valence-corrected chi connectivity index (χ4v) is 3.31. The molecule has 0 aliphatic carbocycles. The van der Waals surface area contributed by atoms with Gasteiger partial charge >= 0.3 is 6.09 Å².